The molecule has 502 valence electrons. The van der Waals surface area contributed by atoms with E-state index in [1.807, 2.05) is 6.08 Å². The Hall–Kier alpha value is -3.15. The number of carbonyl (C=O) groups excluding carboxylic acids is 1. The quantitative estimate of drug-likeness (QED) is 0.0261. The maximum absolute atomic E-state index is 13.1. The molecule has 1 saturated heterocycles. The Kier molecular flexibility index (Phi) is 61.9. The van der Waals surface area contributed by atoms with Gasteiger partial charge in [-0.2, -0.15) is 0 Å². The highest BCUT2D eigenvalue weighted by Gasteiger charge is 2.44. The molecule has 6 N–H and O–H groups in total. The summed E-state index contributed by atoms with van der Waals surface area (Å²) in [5, 5.41) is 54.8. The highest BCUT2D eigenvalue weighted by atomic mass is 16.7. The minimum absolute atomic E-state index is 0.186. The van der Waals surface area contributed by atoms with Crippen molar-refractivity contribution in [2.45, 2.75) is 365 Å². The summed E-state index contributed by atoms with van der Waals surface area (Å²) in [7, 11) is 0. The van der Waals surface area contributed by atoms with Gasteiger partial charge in [-0.1, -0.05) is 342 Å². The van der Waals surface area contributed by atoms with Crippen LogP contribution in [-0.4, -0.2) is 87.5 Å². The Morgan fingerprint density at radius 2 is 0.713 bits per heavy atom. The zero-order valence-electron chi connectivity index (χ0n) is 56.2. The largest absolute Gasteiger partial charge is 0.394 e. The van der Waals surface area contributed by atoms with E-state index in [0.29, 0.717) is 6.42 Å². The fourth-order valence-electron chi connectivity index (χ4n) is 11.2. The zero-order valence-corrected chi connectivity index (χ0v) is 56.2. The van der Waals surface area contributed by atoms with Crippen LogP contribution in [0.2, 0.25) is 0 Å². The van der Waals surface area contributed by atoms with Crippen molar-refractivity contribution in [1.29, 1.82) is 0 Å². The first kappa shape index (κ1) is 81.9. The van der Waals surface area contributed by atoms with Crippen LogP contribution in [0.3, 0.4) is 0 Å². The van der Waals surface area contributed by atoms with Crippen molar-refractivity contribution in [2.24, 2.45) is 0 Å². The van der Waals surface area contributed by atoms with Crippen molar-refractivity contribution in [2.75, 3.05) is 13.2 Å². The second-order valence-corrected chi connectivity index (χ2v) is 25.0. The average molecular weight is 1220 g/mol. The van der Waals surface area contributed by atoms with E-state index >= 15 is 0 Å². The van der Waals surface area contributed by atoms with E-state index < -0.39 is 49.5 Å². The van der Waals surface area contributed by atoms with Crippen molar-refractivity contribution < 1.29 is 39.8 Å². The van der Waals surface area contributed by atoms with Crippen LogP contribution >= 0.6 is 0 Å². The molecule has 0 bridgehead atoms. The fraction of sp³-hybridized carbons (Fsp3) is 0.756. The minimum atomic E-state index is -1.58. The van der Waals surface area contributed by atoms with Crippen LogP contribution in [0.15, 0.2) is 109 Å². The maximum atomic E-state index is 13.1. The van der Waals surface area contributed by atoms with Crippen LogP contribution in [-0.2, 0) is 14.3 Å². The van der Waals surface area contributed by atoms with Crippen molar-refractivity contribution in [3.8, 4) is 0 Å². The first-order chi connectivity index (χ1) is 42.8. The summed E-state index contributed by atoms with van der Waals surface area (Å²) in [6.45, 7) is 3.69. The highest BCUT2D eigenvalue weighted by molar-refractivity contribution is 5.76. The van der Waals surface area contributed by atoms with Gasteiger partial charge in [-0.15, -0.1) is 0 Å². The molecule has 0 radical (unpaired) electrons. The van der Waals surface area contributed by atoms with Crippen LogP contribution in [0.1, 0.15) is 322 Å². The lowest BCUT2D eigenvalue weighted by Gasteiger charge is -2.40. The van der Waals surface area contributed by atoms with Gasteiger partial charge < -0.3 is 40.3 Å². The Balaban J connectivity index is 2.15. The number of hydrogen-bond acceptors (Lipinski definition) is 8. The second kappa shape index (κ2) is 65.8. The lowest BCUT2D eigenvalue weighted by atomic mass is 9.99. The summed E-state index contributed by atoms with van der Waals surface area (Å²) in [5.74, 6) is -0.186. The van der Waals surface area contributed by atoms with E-state index in [2.05, 4.69) is 116 Å². The normalized spacial score (nSPS) is 18.6. The molecule has 1 fully saturated rings. The molecule has 7 unspecified atom stereocenters. The van der Waals surface area contributed by atoms with Gasteiger partial charge in [0.15, 0.2) is 6.29 Å². The lowest BCUT2D eigenvalue weighted by molar-refractivity contribution is -0.302. The van der Waals surface area contributed by atoms with Crippen LogP contribution in [0.5, 0.6) is 0 Å². The molecule has 7 atom stereocenters. The molecular weight excluding hydrogens is 1080 g/mol. The molecule has 1 aliphatic heterocycles. The molecule has 1 aliphatic rings. The maximum Gasteiger partial charge on any atom is 0.220 e. The van der Waals surface area contributed by atoms with Crippen molar-refractivity contribution in [3.63, 3.8) is 0 Å². The SMILES string of the molecule is CC/C=C\C/C=C\C/C=C\C/C=C\C/C=C\C/C=C\C/C=C\C/C=C\CCCCCCCCCCC(=O)NC(COC1OC(CO)C(O)C(O)C1O)C(O)/C=C/CCCCCCCCCCCCCCCCCCCCCCCCCCCCCCC. The third-order valence-electron chi connectivity index (χ3n) is 16.9. The van der Waals surface area contributed by atoms with Gasteiger partial charge in [0.05, 0.1) is 25.4 Å². The van der Waals surface area contributed by atoms with Crippen molar-refractivity contribution in [1.82, 2.24) is 5.32 Å². The molecule has 0 saturated carbocycles. The summed E-state index contributed by atoms with van der Waals surface area (Å²) in [4.78, 5) is 13.1. The topological polar surface area (TPSA) is 149 Å². The summed E-state index contributed by atoms with van der Waals surface area (Å²) in [5.41, 5.74) is 0. The predicted octanol–water partition coefficient (Wildman–Crippen LogP) is 20.4. The Labute approximate surface area is 536 Å². The molecule has 0 aromatic carbocycles. The first-order valence-corrected chi connectivity index (χ1v) is 36.6. The number of rotatable bonds is 63. The number of amides is 1. The van der Waals surface area contributed by atoms with Gasteiger partial charge in [-0.3, -0.25) is 4.79 Å². The molecule has 1 rings (SSSR count). The molecule has 9 heteroatoms. The number of aliphatic hydroxyl groups is 5. The van der Waals surface area contributed by atoms with Gasteiger partial charge >= 0.3 is 0 Å². The Morgan fingerprint density at radius 1 is 0.402 bits per heavy atom. The summed E-state index contributed by atoms with van der Waals surface area (Å²) in [6.07, 6.45) is 90.5. The minimum Gasteiger partial charge on any atom is -0.394 e. The number of carbonyl (C=O) groups is 1. The van der Waals surface area contributed by atoms with Gasteiger partial charge in [0.25, 0.3) is 0 Å². The molecule has 1 heterocycles. The van der Waals surface area contributed by atoms with Crippen LogP contribution < -0.4 is 5.32 Å². The number of aliphatic hydroxyl groups excluding tert-OH is 5. The van der Waals surface area contributed by atoms with Crippen molar-refractivity contribution >= 4 is 5.91 Å². The molecule has 0 aliphatic carbocycles. The number of nitrogens with one attached hydrogen (secondary N) is 1. The van der Waals surface area contributed by atoms with Crippen LogP contribution in [0.4, 0.5) is 0 Å². The average Bonchev–Trinajstić information content (AvgIpc) is 3.38. The lowest BCUT2D eigenvalue weighted by Crippen LogP contribution is -2.60. The number of unbranched alkanes of at least 4 members (excludes halogenated alkanes) is 37. The molecule has 0 aromatic rings. The fourth-order valence-corrected chi connectivity index (χ4v) is 11.2. The molecular formula is C78H137NO8. The molecule has 1 amide bonds. The monoisotopic (exact) mass is 1220 g/mol. The molecule has 0 spiro atoms. The van der Waals surface area contributed by atoms with E-state index in [1.54, 1.807) is 6.08 Å². The van der Waals surface area contributed by atoms with Crippen molar-refractivity contribution in [3.05, 3.63) is 109 Å². The van der Waals surface area contributed by atoms with Gasteiger partial charge in [-0.05, 0) is 83.5 Å². The van der Waals surface area contributed by atoms with E-state index in [4.69, 9.17) is 9.47 Å². The third-order valence-corrected chi connectivity index (χ3v) is 16.9. The first-order valence-electron chi connectivity index (χ1n) is 36.6. The van der Waals surface area contributed by atoms with Crippen LogP contribution in [0.25, 0.3) is 0 Å². The van der Waals surface area contributed by atoms with E-state index in [0.717, 1.165) is 103 Å². The van der Waals surface area contributed by atoms with E-state index in [9.17, 15) is 30.3 Å². The predicted molar refractivity (Wildman–Crippen MR) is 373 cm³/mol. The van der Waals surface area contributed by atoms with Gasteiger partial charge in [0.1, 0.15) is 24.4 Å². The van der Waals surface area contributed by atoms with Gasteiger partial charge in [0, 0.05) is 6.42 Å². The second-order valence-electron chi connectivity index (χ2n) is 25.0. The summed E-state index contributed by atoms with van der Waals surface area (Å²) < 4.78 is 11.3. The molecule has 9 nitrogen and oxygen atoms in total. The molecule has 87 heavy (non-hydrogen) atoms. The Bertz CT molecular complexity index is 1750. The van der Waals surface area contributed by atoms with Crippen LogP contribution in [0, 0.1) is 0 Å². The van der Waals surface area contributed by atoms with Gasteiger partial charge in [-0.25, -0.2) is 0 Å². The number of ether oxygens (including phenoxy) is 2. The highest BCUT2D eigenvalue weighted by Crippen LogP contribution is 2.23. The number of allylic oxidation sites excluding steroid dienone is 17. The van der Waals surface area contributed by atoms with E-state index in [-0.39, 0.29) is 12.5 Å². The van der Waals surface area contributed by atoms with Gasteiger partial charge in [0.2, 0.25) is 5.91 Å². The number of hydrogen-bond donors (Lipinski definition) is 6. The zero-order chi connectivity index (χ0) is 62.8. The van der Waals surface area contributed by atoms with E-state index in [1.165, 1.54) is 199 Å². The summed E-state index contributed by atoms with van der Waals surface area (Å²) in [6, 6.07) is -0.819. The standard InChI is InChI=1S/C78H137NO8/c1-3-5-7-9-11-13-15-17-19-21-23-25-27-29-31-33-35-36-38-40-42-44-46-48-50-52-54-56-58-60-62-64-66-68-74(82)79-71(70-86-78-77(85)76(84)75(83)73(69-80)87-78)72(81)67-65-63-61-59-57-55-53-51-49-47-45-43-41-39-37-34-32-30-28-26-24-22-20-18-16-14-12-10-8-6-4-2/h5,7,11,13,17,19,23,25,29,31,35-36,40,42,46,48,65,67,71-73,75-78,80-81,83-85H,3-4,6,8-10,12,14-16,18,20-22,24,26-28,30,32-34,37-39,41,43-45,47,49-64,66,68-70H2,1-2H3,(H,79,82)/b7-5-,13-11-,19-17-,25-23-,31-29-,36-35-,42-40-,48-46-,67-65+. The smallest absolute Gasteiger partial charge is 0.220 e. The molecule has 0 aromatic heterocycles. The summed E-state index contributed by atoms with van der Waals surface area (Å²) >= 11 is 0. The third kappa shape index (κ3) is 54.3. The Morgan fingerprint density at radius 3 is 1.06 bits per heavy atom.